The molecule has 3 N–H and O–H groups in total. The first-order valence-corrected chi connectivity index (χ1v) is 4.82. The van der Waals surface area contributed by atoms with Gasteiger partial charge in [0.25, 0.3) is 0 Å². The van der Waals surface area contributed by atoms with E-state index in [0.29, 0.717) is 0 Å². The lowest BCUT2D eigenvalue weighted by molar-refractivity contribution is 0.719. The lowest BCUT2D eigenvalue weighted by Crippen LogP contribution is -2.17. The third-order valence-electron chi connectivity index (χ3n) is 2.00. The van der Waals surface area contributed by atoms with Crippen molar-refractivity contribution in [2.24, 2.45) is 5.73 Å². The van der Waals surface area contributed by atoms with Crippen LogP contribution in [-0.2, 0) is 6.42 Å². The highest BCUT2D eigenvalue weighted by Gasteiger charge is 2.06. The molecule has 0 spiro atoms. The average Bonchev–Trinajstić information content (AvgIpc) is 2.67. The van der Waals surface area contributed by atoms with E-state index in [4.69, 9.17) is 5.73 Å². The monoisotopic (exact) mass is 203 g/mol. The second-order valence-corrected chi connectivity index (χ2v) is 3.55. The summed E-state index contributed by atoms with van der Waals surface area (Å²) in [4.78, 5) is 8.16. The topological polar surface area (TPSA) is 80.5 Å². The van der Waals surface area contributed by atoms with Gasteiger partial charge < -0.3 is 5.73 Å². The Morgan fingerprint density at radius 2 is 2.27 bits per heavy atom. The summed E-state index contributed by atoms with van der Waals surface area (Å²) in [6.07, 6.45) is 5.76. The van der Waals surface area contributed by atoms with Crippen molar-refractivity contribution < 1.29 is 0 Å². The highest BCUT2D eigenvalue weighted by molar-refractivity contribution is 5.52. The van der Waals surface area contributed by atoms with Gasteiger partial charge in [-0.1, -0.05) is 0 Å². The van der Waals surface area contributed by atoms with Gasteiger partial charge in [0.15, 0.2) is 0 Å². The van der Waals surface area contributed by atoms with Crippen LogP contribution in [0.25, 0.3) is 11.4 Å². The first kappa shape index (κ1) is 9.79. The number of nitrogens with two attached hydrogens (primary N) is 1. The molecular formula is C10H13N5. The standard InChI is InChI=1S/C10H13N5/c1-7(11)4-8-5-9(15-14-8)10-6-12-2-3-13-10/h2-3,5-7H,4,11H2,1H3,(H,14,15). The Bertz CT molecular complexity index is 420. The number of hydrogen-bond donors (Lipinski definition) is 2. The minimum Gasteiger partial charge on any atom is -0.328 e. The molecule has 5 heteroatoms. The predicted molar refractivity (Wildman–Crippen MR) is 57.0 cm³/mol. The Kier molecular flexibility index (Phi) is 2.73. The van der Waals surface area contributed by atoms with Gasteiger partial charge in [0.05, 0.1) is 6.20 Å². The molecule has 0 saturated heterocycles. The van der Waals surface area contributed by atoms with Crippen LogP contribution < -0.4 is 5.73 Å². The van der Waals surface area contributed by atoms with Crippen LogP contribution in [0.3, 0.4) is 0 Å². The summed E-state index contributed by atoms with van der Waals surface area (Å²) in [5.41, 5.74) is 8.29. The zero-order valence-corrected chi connectivity index (χ0v) is 8.51. The molecular weight excluding hydrogens is 190 g/mol. The van der Waals surface area contributed by atoms with Gasteiger partial charge in [0, 0.05) is 30.6 Å². The summed E-state index contributed by atoms with van der Waals surface area (Å²) in [6, 6.07) is 2.08. The molecule has 2 aromatic rings. The fourth-order valence-corrected chi connectivity index (χ4v) is 1.38. The number of H-pyrrole nitrogens is 1. The van der Waals surface area contributed by atoms with Crippen molar-refractivity contribution in [1.82, 2.24) is 20.2 Å². The Morgan fingerprint density at radius 1 is 1.40 bits per heavy atom. The minimum absolute atomic E-state index is 0.125. The van der Waals surface area contributed by atoms with Crippen LogP contribution in [-0.4, -0.2) is 26.2 Å². The normalized spacial score (nSPS) is 12.7. The van der Waals surface area contributed by atoms with Gasteiger partial charge in [-0.25, -0.2) is 0 Å². The largest absolute Gasteiger partial charge is 0.328 e. The molecule has 0 aromatic carbocycles. The average molecular weight is 203 g/mol. The predicted octanol–water partition coefficient (Wildman–Crippen LogP) is 0.756. The number of hydrogen-bond acceptors (Lipinski definition) is 4. The van der Waals surface area contributed by atoms with Crippen molar-refractivity contribution in [3.05, 3.63) is 30.4 Å². The van der Waals surface area contributed by atoms with Gasteiger partial charge in [0.1, 0.15) is 11.4 Å². The zero-order chi connectivity index (χ0) is 10.7. The summed E-state index contributed by atoms with van der Waals surface area (Å²) in [5, 5.41) is 7.09. The number of nitrogens with one attached hydrogen (secondary N) is 1. The Balaban J connectivity index is 2.21. The van der Waals surface area contributed by atoms with Crippen LogP contribution >= 0.6 is 0 Å². The molecule has 0 amide bonds. The summed E-state index contributed by atoms with van der Waals surface area (Å²) in [7, 11) is 0. The number of rotatable bonds is 3. The van der Waals surface area contributed by atoms with Crippen molar-refractivity contribution in [2.45, 2.75) is 19.4 Å². The molecule has 2 aromatic heterocycles. The Morgan fingerprint density at radius 3 is 2.93 bits per heavy atom. The van der Waals surface area contributed by atoms with Crippen molar-refractivity contribution in [1.29, 1.82) is 0 Å². The second-order valence-electron chi connectivity index (χ2n) is 3.55. The van der Waals surface area contributed by atoms with Crippen LogP contribution in [0, 0.1) is 0 Å². The molecule has 0 fully saturated rings. The first-order chi connectivity index (χ1) is 7.25. The highest BCUT2D eigenvalue weighted by Crippen LogP contribution is 2.13. The van der Waals surface area contributed by atoms with E-state index >= 15 is 0 Å². The van der Waals surface area contributed by atoms with E-state index in [1.807, 2.05) is 13.0 Å². The molecule has 2 rings (SSSR count). The lowest BCUT2D eigenvalue weighted by atomic mass is 10.2. The molecule has 78 valence electrons. The molecule has 0 saturated carbocycles. The first-order valence-electron chi connectivity index (χ1n) is 4.82. The molecule has 2 heterocycles. The Hall–Kier alpha value is -1.75. The third-order valence-corrected chi connectivity index (χ3v) is 2.00. The molecule has 0 aliphatic rings. The van der Waals surface area contributed by atoms with Crippen LogP contribution in [0.4, 0.5) is 0 Å². The fourth-order valence-electron chi connectivity index (χ4n) is 1.38. The lowest BCUT2D eigenvalue weighted by Gasteiger charge is -1.99. The van der Waals surface area contributed by atoms with Crippen molar-refractivity contribution in [2.75, 3.05) is 0 Å². The Labute approximate surface area is 87.8 Å². The molecule has 0 aliphatic heterocycles. The van der Waals surface area contributed by atoms with Gasteiger partial charge in [0.2, 0.25) is 0 Å². The minimum atomic E-state index is 0.125. The summed E-state index contributed by atoms with van der Waals surface area (Å²) in [5.74, 6) is 0. The number of aromatic nitrogens is 4. The molecule has 15 heavy (non-hydrogen) atoms. The third kappa shape index (κ3) is 2.38. The summed E-state index contributed by atoms with van der Waals surface area (Å²) in [6.45, 7) is 1.96. The molecule has 5 nitrogen and oxygen atoms in total. The summed E-state index contributed by atoms with van der Waals surface area (Å²) >= 11 is 0. The fraction of sp³-hybridized carbons (Fsp3) is 0.300. The SMILES string of the molecule is CC(N)Cc1cc(-c2cnccn2)n[nH]1. The summed E-state index contributed by atoms with van der Waals surface area (Å²) < 4.78 is 0. The molecule has 1 unspecified atom stereocenters. The highest BCUT2D eigenvalue weighted by atomic mass is 15.1. The molecule has 0 aliphatic carbocycles. The van der Waals surface area contributed by atoms with Crippen LogP contribution in [0.15, 0.2) is 24.7 Å². The van der Waals surface area contributed by atoms with Gasteiger partial charge in [-0.15, -0.1) is 0 Å². The maximum Gasteiger partial charge on any atom is 0.112 e. The van der Waals surface area contributed by atoms with E-state index < -0.39 is 0 Å². The van der Waals surface area contributed by atoms with Crippen LogP contribution in [0.1, 0.15) is 12.6 Å². The second kappa shape index (κ2) is 4.18. The maximum absolute atomic E-state index is 5.70. The smallest absolute Gasteiger partial charge is 0.112 e. The van der Waals surface area contributed by atoms with E-state index in [0.717, 1.165) is 23.5 Å². The van der Waals surface area contributed by atoms with Gasteiger partial charge in [-0.2, -0.15) is 5.10 Å². The number of aromatic amines is 1. The van der Waals surface area contributed by atoms with E-state index in [1.165, 1.54) is 0 Å². The van der Waals surface area contributed by atoms with Crippen molar-refractivity contribution in [3.63, 3.8) is 0 Å². The van der Waals surface area contributed by atoms with Crippen LogP contribution in [0.5, 0.6) is 0 Å². The quantitative estimate of drug-likeness (QED) is 0.771. The van der Waals surface area contributed by atoms with Gasteiger partial charge in [-0.3, -0.25) is 15.1 Å². The van der Waals surface area contributed by atoms with E-state index in [1.54, 1.807) is 18.6 Å². The van der Waals surface area contributed by atoms with E-state index in [9.17, 15) is 0 Å². The number of nitrogens with zero attached hydrogens (tertiary/aromatic N) is 3. The van der Waals surface area contributed by atoms with Crippen LogP contribution in [0.2, 0.25) is 0 Å². The van der Waals surface area contributed by atoms with Gasteiger partial charge in [-0.05, 0) is 13.0 Å². The van der Waals surface area contributed by atoms with E-state index in [2.05, 4.69) is 20.2 Å². The van der Waals surface area contributed by atoms with E-state index in [-0.39, 0.29) is 6.04 Å². The molecule has 0 bridgehead atoms. The zero-order valence-electron chi connectivity index (χ0n) is 8.51. The van der Waals surface area contributed by atoms with Crippen molar-refractivity contribution in [3.8, 4) is 11.4 Å². The van der Waals surface area contributed by atoms with Gasteiger partial charge >= 0.3 is 0 Å². The molecule has 1 atom stereocenters. The van der Waals surface area contributed by atoms with Crippen molar-refractivity contribution >= 4 is 0 Å². The molecule has 0 radical (unpaired) electrons. The maximum atomic E-state index is 5.70.